The molecule has 0 radical (unpaired) electrons. The fourth-order valence-corrected chi connectivity index (χ4v) is 5.94. The van der Waals surface area contributed by atoms with Gasteiger partial charge >= 0.3 is 0 Å². The number of rotatable bonds is 4. The molecule has 2 aromatic rings. The number of piperidine rings is 1. The summed E-state index contributed by atoms with van der Waals surface area (Å²) in [5.41, 5.74) is 2.02. The second kappa shape index (κ2) is 7.59. The molecule has 0 aliphatic carbocycles. The Bertz CT molecular complexity index is 847. The highest BCUT2D eigenvalue weighted by Crippen LogP contribution is 2.27. The normalized spacial score (nSPS) is 19.7. The van der Waals surface area contributed by atoms with Crippen LogP contribution in [0.3, 0.4) is 0 Å². The first-order chi connectivity index (χ1) is 12.6. The quantitative estimate of drug-likeness (QED) is 0.786. The lowest BCUT2D eigenvalue weighted by atomic mass is 10.1. The lowest BCUT2D eigenvalue weighted by Gasteiger charge is -2.31. The molecule has 0 aromatic carbocycles. The van der Waals surface area contributed by atoms with Crippen molar-refractivity contribution in [2.75, 3.05) is 26.3 Å². The summed E-state index contributed by atoms with van der Waals surface area (Å²) in [6.07, 6.45) is 4.33. The molecule has 1 fully saturated rings. The fourth-order valence-electron chi connectivity index (χ4n) is 3.33. The topological polar surface area (TPSA) is 81.6 Å². The predicted octanol–water partition coefficient (Wildman–Crippen LogP) is 1.89. The molecule has 26 heavy (non-hydrogen) atoms. The number of aromatic nitrogens is 2. The lowest BCUT2D eigenvalue weighted by Crippen LogP contribution is -2.41. The standard InChI is InChI=1S/C17H21N3O4S2/c21-26(22,16-2-1-11-25-16)20-7-3-13(4-8-20)24-17-14-5-9-23-10-6-15(14)18-12-19-17/h1-2,11-13H,3-10H2. The molecule has 2 aliphatic heterocycles. The van der Waals surface area contributed by atoms with E-state index in [2.05, 4.69) is 9.97 Å². The van der Waals surface area contributed by atoms with Crippen molar-refractivity contribution in [3.05, 3.63) is 35.1 Å². The van der Waals surface area contributed by atoms with Crippen LogP contribution in [0.4, 0.5) is 0 Å². The van der Waals surface area contributed by atoms with E-state index in [1.54, 1.807) is 21.8 Å². The van der Waals surface area contributed by atoms with Crippen LogP contribution in [0.15, 0.2) is 28.0 Å². The first-order valence-electron chi connectivity index (χ1n) is 8.75. The second-order valence-electron chi connectivity index (χ2n) is 6.37. The van der Waals surface area contributed by atoms with E-state index in [1.165, 1.54) is 17.7 Å². The van der Waals surface area contributed by atoms with Gasteiger partial charge in [0.15, 0.2) is 0 Å². The van der Waals surface area contributed by atoms with E-state index < -0.39 is 10.0 Å². The molecular formula is C17H21N3O4S2. The van der Waals surface area contributed by atoms with E-state index in [4.69, 9.17) is 9.47 Å². The minimum Gasteiger partial charge on any atom is -0.474 e. The first kappa shape index (κ1) is 17.8. The minimum atomic E-state index is -3.38. The molecule has 2 aliphatic rings. The summed E-state index contributed by atoms with van der Waals surface area (Å²) >= 11 is 1.25. The maximum absolute atomic E-state index is 12.6. The van der Waals surface area contributed by atoms with Gasteiger partial charge in [0.1, 0.15) is 16.6 Å². The van der Waals surface area contributed by atoms with Gasteiger partial charge in [0.05, 0.1) is 18.9 Å². The summed E-state index contributed by atoms with van der Waals surface area (Å²) in [6, 6.07) is 3.42. The van der Waals surface area contributed by atoms with Gasteiger partial charge in [-0.25, -0.2) is 18.4 Å². The van der Waals surface area contributed by atoms with Crippen molar-refractivity contribution in [2.45, 2.75) is 36.0 Å². The SMILES string of the molecule is O=S(=O)(c1cccs1)N1CCC(Oc2ncnc3c2CCOCC3)CC1. The Balaban J connectivity index is 1.42. The molecule has 0 saturated carbocycles. The molecule has 4 heterocycles. The van der Waals surface area contributed by atoms with E-state index >= 15 is 0 Å². The molecule has 0 spiro atoms. The number of fused-ring (bicyclic) bond motifs is 1. The fraction of sp³-hybridized carbons (Fsp3) is 0.529. The third-order valence-corrected chi connectivity index (χ3v) is 8.01. The van der Waals surface area contributed by atoms with Gasteiger partial charge in [-0.1, -0.05) is 6.07 Å². The molecule has 0 amide bonds. The van der Waals surface area contributed by atoms with Crippen molar-refractivity contribution < 1.29 is 17.9 Å². The third-order valence-electron chi connectivity index (χ3n) is 4.74. The highest BCUT2D eigenvalue weighted by Gasteiger charge is 2.31. The Labute approximate surface area is 157 Å². The van der Waals surface area contributed by atoms with Crippen LogP contribution >= 0.6 is 11.3 Å². The minimum absolute atomic E-state index is 0.0343. The molecule has 0 bridgehead atoms. The van der Waals surface area contributed by atoms with Gasteiger partial charge in [0.25, 0.3) is 10.0 Å². The van der Waals surface area contributed by atoms with E-state index in [1.807, 2.05) is 0 Å². The van der Waals surface area contributed by atoms with Crippen LogP contribution in [0.5, 0.6) is 5.88 Å². The maximum Gasteiger partial charge on any atom is 0.252 e. The second-order valence-corrected chi connectivity index (χ2v) is 9.48. The average Bonchev–Trinajstić information content (AvgIpc) is 3.09. The zero-order valence-electron chi connectivity index (χ0n) is 14.3. The predicted molar refractivity (Wildman–Crippen MR) is 97.0 cm³/mol. The average molecular weight is 396 g/mol. The Kier molecular flexibility index (Phi) is 5.21. The summed E-state index contributed by atoms with van der Waals surface area (Å²) in [7, 11) is -3.38. The molecule has 9 heteroatoms. The molecular weight excluding hydrogens is 374 g/mol. The van der Waals surface area contributed by atoms with Crippen molar-refractivity contribution in [1.82, 2.24) is 14.3 Å². The molecule has 4 rings (SSSR count). The van der Waals surface area contributed by atoms with Gasteiger partial charge < -0.3 is 9.47 Å². The Morgan fingerprint density at radius 3 is 2.77 bits per heavy atom. The van der Waals surface area contributed by atoms with Crippen LogP contribution in [0, 0.1) is 0 Å². The van der Waals surface area contributed by atoms with Crippen LogP contribution in [0.25, 0.3) is 0 Å². The van der Waals surface area contributed by atoms with Crippen LogP contribution in [-0.2, 0) is 27.6 Å². The molecule has 7 nitrogen and oxygen atoms in total. The van der Waals surface area contributed by atoms with Gasteiger partial charge in [0.2, 0.25) is 5.88 Å². The summed E-state index contributed by atoms with van der Waals surface area (Å²) in [5.74, 6) is 0.625. The lowest BCUT2D eigenvalue weighted by molar-refractivity contribution is 0.126. The monoisotopic (exact) mass is 395 g/mol. The van der Waals surface area contributed by atoms with Crippen LogP contribution < -0.4 is 4.74 Å². The van der Waals surface area contributed by atoms with Gasteiger partial charge in [-0.15, -0.1) is 11.3 Å². The molecule has 0 unspecified atom stereocenters. The van der Waals surface area contributed by atoms with E-state index in [0.29, 0.717) is 49.2 Å². The smallest absolute Gasteiger partial charge is 0.252 e. The van der Waals surface area contributed by atoms with E-state index in [0.717, 1.165) is 24.1 Å². The Hall–Kier alpha value is -1.55. The number of hydrogen-bond donors (Lipinski definition) is 0. The third kappa shape index (κ3) is 3.62. The maximum atomic E-state index is 12.6. The summed E-state index contributed by atoms with van der Waals surface area (Å²) in [4.78, 5) is 8.67. The van der Waals surface area contributed by atoms with E-state index in [9.17, 15) is 8.42 Å². The molecule has 2 aromatic heterocycles. The largest absolute Gasteiger partial charge is 0.474 e. The first-order valence-corrected chi connectivity index (χ1v) is 11.1. The molecule has 1 saturated heterocycles. The molecule has 140 valence electrons. The van der Waals surface area contributed by atoms with Crippen molar-refractivity contribution in [3.63, 3.8) is 0 Å². The van der Waals surface area contributed by atoms with Crippen molar-refractivity contribution in [1.29, 1.82) is 0 Å². The van der Waals surface area contributed by atoms with Crippen molar-refractivity contribution in [3.8, 4) is 5.88 Å². The van der Waals surface area contributed by atoms with Crippen LogP contribution in [-0.4, -0.2) is 55.1 Å². The van der Waals surface area contributed by atoms with Gasteiger partial charge in [-0.2, -0.15) is 4.31 Å². The molecule has 0 atom stereocenters. The highest BCUT2D eigenvalue weighted by molar-refractivity contribution is 7.91. The van der Waals surface area contributed by atoms with Crippen LogP contribution in [0.2, 0.25) is 0 Å². The number of ether oxygens (including phenoxy) is 2. The zero-order valence-corrected chi connectivity index (χ0v) is 16.0. The van der Waals surface area contributed by atoms with Gasteiger partial charge in [-0.3, -0.25) is 0 Å². The number of sulfonamides is 1. The van der Waals surface area contributed by atoms with Gasteiger partial charge in [0, 0.05) is 31.5 Å². The summed E-state index contributed by atoms with van der Waals surface area (Å²) in [6.45, 7) is 2.24. The zero-order chi connectivity index (χ0) is 18.0. The van der Waals surface area contributed by atoms with Gasteiger partial charge in [-0.05, 0) is 24.3 Å². The Morgan fingerprint density at radius 1 is 1.19 bits per heavy atom. The van der Waals surface area contributed by atoms with Crippen molar-refractivity contribution in [2.24, 2.45) is 0 Å². The Morgan fingerprint density at radius 2 is 2.00 bits per heavy atom. The summed E-state index contributed by atoms with van der Waals surface area (Å²) in [5, 5.41) is 1.79. The number of nitrogens with zero attached hydrogens (tertiary/aromatic N) is 3. The van der Waals surface area contributed by atoms with E-state index in [-0.39, 0.29) is 6.10 Å². The molecule has 0 N–H and O–H groups in total. The summed E-state index contributed by atoms with van der Waals surface area (Å²) < 4.78 is 38.8. The number of hydrogen-bond acceptors (Lipinski definition) is 7. The highest BCUT2D eigenvalue weighted by atomic mass is 32.2. The van der Waals surface area contributed by atoms with Crippen molar-refractivity contribution >= 4 is 21.4 Å². The number of thiophene rings is 1. The van der Waals surface area contributed by atoms with Crippen LogP contribution in [0.1, 0.15) is 24.1 Å².